The number of ether oxygens (including phenoxy) is 4. The molecule has 2 aromatic carbocycles. The Labute approximate surface area is 278 Å². The molecule has 3 aromatic rings. The number of nitrogens with one attached hydrogen (secondary N) is 1. The van der Waals surface area contributed by atoms with Crippen LogP contribution in [-0.4, -0.2) is 75.8 Å². The average molecular weight is 662 g/mol. The number of hydrogen-bond acceptors (Lipinski definition) is 10. The first-order valence-electron chi connectivity index (χ1n) is 16.5. The first kappa shape index (κ1) is 33.7. The number of aromatic nitrogens is 1. The van der Waals surface area contributed by atoms with E-state index in [4.69, 9.17) is 18.9 Å². The fourth-order valence-electron chi connectivity index (χ4n) is 7.30. The second-order valence-electron chi connectivity index (χ2n) is 12.9. The maximum absolute atomic E-state index is 13.7. The Hall–Kier alpha value is -4.16. The van der Waals surface area contributed by atoms with Crippen molar-refractivity contribution in [2.75, 3.05) is 26.9 Å². The average Bonchev–Trinajstić information content (AvgIpc) is 3.75. The van der Waals surface area contributed by atoms with Crippen LogP contribution in [0.3, 0.4) is 0 Å². The number of esters is 1. The highest BCUT2D eigenvalue weighted by Gasteiger charge is 2.45. The van der Waals surface area contributed by atoms with Gasteiger partial charge in [0.05, 0.1) is 43.7 Å². The van der Waals surface area contributed by atoms with Crippen molar-refractivity contribution in [2.24, 2.45) is 5.92 Å². The Morgan fingerprint density at radius 3 is 2.62 bits per heavy atom. The SMILES string of the molecule is CCOC(=O)C1=CC(=C2CC(CO)C(=O)C(c3ccc4[nH]ccc4c3)C2)c2c(OC)c3c(c(CO)c2O1)OC(C(C)(O)CCCCO)C3. The van der Waals surface area contributed by atoms with E-state index in [1.807, 2.05) is 30.5 Å². The van der Waals surface area contributed by atoms with Gasteiger partial charge in [0.25, 0.3) is 0 Å². The molecule has 11 heteroatoms. The molecule has 11 nitrogen and oxygen atoms in total. The lowest BCUT2D eigenvalue weighted by Gasteiger charge is -2.33. The number of Topliss-reactive ketones (excluding diaryl/α,β-unsaturated/α-hetero) is 1. The van der Waals surface area contributed by atoms with Gasteiger partial charge in [0.1, 0.15) is 29.1 Å². The number of aliphatic hydroxyl groups is 4. The Kier molecular flexibility index (Phi) is 9.67. The van der Waals surface area contributed by atoms with Gasteiger partial charge in [-0.05, 0) is 86.7 Å². The van der Waals surface area contributed by atoms with Crippen LogP contribution in [0.25, 0.3) is 16.5 Å². The molecule has 0 spiro atoms. The number of methoxy groups -OCH3 is 1. The van der Waals surface area contributed by atoms with Crippen molar-refractivity contribution in [2.45, 2.75) is 76.6 Å². The summed E-state index contributed by atoms with van der Waals surface area (Å²) in [7, 11) is 1.52. The third-order valence-corrected chi connectivity index (χ3v) is 9.85. The molecule has 1 aliphatic carbocycles. The first-order valence-corrected chi connectivity index (χ1v) is 16.5. The van der Waals surface area contributed by atoms with Crippen LogP contribution in [0, 0.1) is 5.92 Å². The molecule has 0 bridgehead atoms. The number of allylic oxidation sites excluding steroid dienone is 3. The van der Waals surface area contributed by atoms with E-state index in [1.54, 1.807) is 19.9 Å². The maximum atomic E-state index is 13.7. The third kappa shape index (κ3) is 6.00. The van der Waals surface area contributed by atoms with Gasteiger partial charge >= 0.3 is 5.97 Å². The van der Waals surface area contributed by atoms with Gasteiger partial charge in [-0.3, -0.25) is 4.79 Å². The Morgan fingerprint density at radius 2 is 1.92 bits per heavy atom. The zero-order valence-electron chi connectivity index (χ0n) is 27.5. The molecule has 3 heterocycles. The molecule has 6 rings (SSSR count). The summed E-state index contributed by atoms with van der Waals surface area (Å²) < 4.78 is 23.9. The normalized spacial score (nSPS) is 23.1. The van der Waals surface area contributed by atoms with Crippen molar-refractivity contribution in [1.82, 2.24) is 4.98 Å². The summed E-state index contributed by atoms with van der Waals surface area (Å²) in [5, 5.41) is 42.8. The molecule has 48 heavy (non-hydrogen) atoms. The van der Waals surface area contributed by atoms with Gasteiger partial charge < -0.3 is 44.4 Å². The molecule has 0 radical (unpaired) electrons. The van der Waals surface area contributed by atoms with Crippen molar-refractivity contribution < 1.29 is 49.0 Å². The molecular weight excluding hydrogens is 618 g/mol. The largest absolute Gasteiger partial charge is 0.496 e. The number of aromatic amines is 1. The zero-order valence-corrected chi connectivity index (χ0v) is 27.5. The summed E-state index contributed by atoms with van der Waals surface area (Å²) in [6, 6.07) is 7.78. The zero-order chi connectivity index (χ0) is 34.2. The van der Waals surface area contributed by atoms with E-state index in [0.29, 0.717) is 59.4 Å². The maximum Gasteiger partial charge on any atom is 0.374 e. The molecular formula is C37H43NO10. The van der Waals surface area contributed by atoms with Gasteiger partial charge in [-0.25, -0.2) is 4.79 Å². The standard InChI is InChI=1S/C37H43NO10/c1-4-46-36(43)29-16-24(22-14-23(18-40)32(42)25(15-22)20-7-8-28-21(13-20)9-11-38-28)31-34(45-3)26-17-30(37(2,44)10-5-6-12-39)48-33(26)27(19-41)35(31)47-29/h7-9,11,13,16,23,25,30,38-41,44H,4-6,10,12,14-15,17-19H2,1-3H3. The summed E-state index contributed by atoms with van der Waals surface area (Å²) in [5.74, 6) is -1.19. The summed E-state index contributed by atoms with van der Waals surface area (Å²) in [6.45, 7) is 2.67. The Bertz CT molecular complexity index is 1780. The fourth-order valence-corrected chi connectivity index (χ4v) is 7.30. The Balaban J connectivity index is 1.52. The van der Waals surface area contributed by atoms with Gasteiger partial charge in [-0.1, -0.05) is 11.6 Å². The molecule has 4 unspecified atom stereocenters. The van der Waals surface area contributed by atoms with Crippen LogP contribution < -0.4 is 14.2 Å². The van der Waals surface area contributed by atoms with Gasteiger partial charge in [0, 0.05) is 42.1 Å². The first-order chi connectivity index (χ1) is 23.1. The molecule has 256 valence electrons. The van der Waals surface area contributed by atoms with Crippen molar-refractivity contribution in [3.63, 3.8) is 0 Å². The van der Waals surface area contributed by atoms with Gasteiger partial charge in [0.15, 0.2) is 0 Å². The number of hydrogen-bond donors (Lipinski definition) is 5. The van der Waals surface area contributed by atoms with E-state index in [9.17, 15) is 30.0 Å². The second kappa shape index (κ2) is 13.8. The highest BCUT2D eigenvalue weighted by molar-refractivity contribution is 5.99. The summed E-state index contributed by atoms with van der Waals surface area (Å²) in [4.78, 5) is 30.1. The van der Waals surface area contributed by atoms with Crippen LogP contribution in [0.4, 0.5) is 0 Å². The molecule has 1 fully saturated rings. The number of carbonyl (C=O) groups excluding carboxylic acids is 2. The van der Waals surface area contributed by atoms with Crippen LogP contribution in [0.5, 0.6) is 17.2 Å². The monoisotopic (exact) mass is 661 g/mol. The molecule has 1 aromatic heterocycles. The van der Waals surface area contributed by atoms with Crippen LogP contribution in [-0.2, 0) is 27.4 Å². The van der Waals surface area contributed by atoms with E-state index < -0.39 is 36.1 Å². The summed E-state index contributed by atoms with van der Waals surface area (Å²) >= 11 is 0. The smallest absolute Gasteiger partial charge is 0.374 e. The van der Waals surface area contributed by atoms with E-state index in [2.05, 4.69) is 4.98 Å². The molecule has 5 N–H and O–H groups in total. The molecule has 2 aliphatic heterocycles. The number of unbranched alkanes of at least 4 members (excludes halogenated alkanes) is 1. The second-order valence-corrected chi connectivity index (χ2v) is 12.9. The molecule has 0 amide bonds. The predicted octanol–water partition coefficient (Wildman–Crippen LogP) is 4.23. The minimum atomic E-state index is -1.26. The predicted molar refractivity (Wildman–Crippen MR) is 177 cm³/mol. The van der Waals surface area contributed by atoms with Gasteiger partial charge in [-0.2, -0.15) is 0 Å². The quantitative estimate of drug-likeness (QED) is 0.148. The van der Waals surface area contributed by atoms with Gasteiger partial charge in [-0.15, -0.1) is 0 Å². The highest BCUT2D eigenvalue weighted by Crippen LogP contribution is 2.55. The minimum absolute atomic E-state index is 0.0198. The fraction of sp³-hybridized carbons (Fsp3) is 0.459. The lowest BCUT2D eigenvalue weighted by Crippen LogP contribution is -2.42. The minimum Gasteiger partial charge on any atom is -0.496 e. The van der Waals surface area contributed by atoms with Crippen LogP contribution in [0.1, 0.15) is 74.1 Å². The number of ketones is 1. The number of aliphatic hydroxyl groups excluding tert-OH is 3. The number of H-pyrrole nitrogens is 1. The van der Waals surface area contributed by atoms with Crippen molar-refractivity contribution in [1.29, 1.82) is 0 Å². The number of rotatable bonds is 11. The van der Waals surface area contributed by atoms with Gasteiger partial charge in [0.2, 0.25) is 5.76 Å². The number of benzene rings is 2. The molecule has 3 aliphatic rings. The van der Waals surface area contributed by atoms with E-state index in [0.717, 1.165) is 22.0 Å². The van der Waals surface area contributed by atoms with Crippen LogP contribution in [0.15, 0.2) is 47.9 Å². The summed E-state index contributed by atoms with van der Waals surface area (Å²) in [6.07, 6.45) is 5.12. The Morgan fingerprint density at radius 1 is 1.10 bits per heavy atom. The lowest BCUT2D eigenvalue weighted by atomic mass is 9.72. The van der Waals surface area contributed by atoms with Crippen molar-refractivity contribution >= 4 is 28.2 Å². The topological polar surface area (TPSA) is 168 Å². The highest BCUT2D eigenvalue weighted by atomic mass is 16.6. The number of fused-ring (bicyclic) bond motifs is 3. The van der Waals surface area contributed by atoms with Crippen LogP contribution in [0.2, 0.25) is 0 Å². The van der Waals surface area contributed by atoms with E-state index >= 15 is 0 Å². The third-order valence-electron chi connectivity index (χ3n) is 9.85. The van der Waals surface area contributed by atoms with E-state index in [1.165, 1.54) is 7.11 Å². The molecule has 0 saturated heterocycles. The summed E-state index contributed by atoms with van der Waals surface area (Å²) in [5.41, 5.74) is 3.35. The van der Waals surface area contributed by atoms with Crippen molar-refractivity contribution in [3.05, 3.63) is 70.1 Å². The number of carbonyl (C=O) groups is 2. The molecule has 4 atom stereocenters. The lowest BCUT2D eigenvalue weighted by molar-refractivity contribution is -0.141. The van der Waals surface area contributed by atoms with Crippen molar-refractivity contribution in [3.8, 4) is 17.2 Å². The van der Waals surface area contributed by atoms with Crippen LogP contribution >= 0.6 is 0 Å². The molecule has 1 saturated carbocycles. The van der Waals surface area contributed by atoms with E-state index in [-0.39, 0.29) is 50.0 Å².